The second-order valence-corrected chi connectivity index (χ2v) is 6.30. The predicted molar refractivity (Wildman–Crippen MR) is 93.3 cm³/mol. The summed E-state index contributed by atoms with van der Waals surface area (Å²) in [5.74, 6) is 0.682. The fourth-order valence-electron chi connectivity index (χ4n) is 3.24. The van der Waals surface area contributed by atoms with Gasteiger partial charge < -0.3 is 9.88 Å². The van der Waals surface area contributed by atoms with Crippen LogP contribution in [0.1, 0.15) is 24.4 Å². The van der Waals surface area contributed by atoms with Crippen LogP contribution in [0.5, 0.6) is 0 Å². The van der Waals surface area contributed by atoms with Crippen molar-refractivity contribution in [3.05, 3.63) is 69.2 Å². The maximum Gasteiger partial charge on any atom is 0.258 e. The van der Waals surface area contributed by atoms with Crippen molar-refractivity contribution in [2.75, 3.05) is 11.4 Å². The van der Waals surface area contributed by atoms with Gasteiger partial charge in [-0.15, -0.1) is 0 Å². The normalized spacial score (nSPS) is 15.0. The van der Waals surface area contributed by atoms with Crippen molar-refractivity contribution in [2.45, 2.75) is 19.4 Å². The topological polar surface area (TPSA) is 49.0 Å². The minimum atomic E-state index is -0.146. The van der Waals surface area contributed by atoms with Gasteiger partial charge in [0.1, 0.15) is 5.82 Å². The smallest absolute Gasteiger partial charge is 0.258 e. The summed E-state index contributed by atoms with van der Waals surface area (Å²) in [6, 6.07) is 13.6. The molecule has 0 saturated heterocycles. The molecule has 0 aliphatic carbocycles. The molecule has 0 spiro atoms. The van der Waals surface area contributed by atoms with E-state index in [-0.39, 0.29) is 11.6 Å². The van der Waals surface area contributed by atoms with Crippen molar-refractivity contribution in [3.63, 3.8) is 0 Å². The third-order valence-electron chi connectivity index (χ3n) is 4.47. The zero-order chi connectivity index (χ0) is 16.0. The Balaban J connectivity index is 1.78. The van der Waals surface area contributed by atoms with Crippen LogP contribution in [-0.2, 0) is 6.42 Å². The zero-order valence-electron chi connectivity index (χ0n) is 12.7. The molecular formula is C18H16ClN3O. The molecule has 0 radical (unpaired) electrons. The highest BCUT2D eigenvalue weighted by Crippen LogP contribution is 2.33. The number of aromatic amines is 1. The van der Waals surface area contributed by atoms with Crippen molar-refractivity contribution < 1.29 is 0 Å². The lowest BCUT2D eigenvalue weighted by atomic mass is 10.1. The van der Waals surface area contributed by atoms with Crippen LogP contribution in [0.3, 0.4) is 0 Å². The summed E-state index contributed by atoms with van der Waals surface area (Å²) >= 11 is 5.96. The second kappa shape index (κ2) is 5.39. The van der Waals surface area contributed by atoms with Crippen LogP contribution in [0.4, 0.5) is 5.69 Å². The van der Waals surface area contributed by atoms with Crippen molar-refractivity contribution in [2.24, 2.45) is 0 Å². The lowest BCUT2D eigenvalue weighted by Crippen LogP contribution is -2.28. The quantitative estimate of drug-likeness (QED) is 0.781. The molecule has 1 aromatic heterocycles. The molecule has 1 N–H and O–H groups in total. The number of anilines is 1. The van der Waals surface area contributed by atoms with E-state index in [1.54, 1.807) is 18.2 Å². The summed E-state index contributed by atoms with van der Waals surface area (Å²) in [4.78, 5) is 22.2. The number of aromatic nitrogens is 2. The van der Waals surface area contributed by atoms with Gasteiger partial charge in [0.05, 0.1) is 16.9 Å². The first-order chi connectivity index (χ1) is 11.1. The summed E-state index contributed by atoms with van der Waals surface area (Å²) < 4.78 is 0. The second-order valence-electron chi connectivity index (χ2n) is 5.86. The Hall–Kier alpha value is -2.33. The standard InChI is InChI=1S/C18H16ClN3O/c1-11(22-9-8-12-4-2-3-5-16(12)22)17-20-15-7-6-13(19)10-14(15)18(23)21-17/h2-7,10-11H,8-9H2,1H3,(H,20,21,23). The molecule has 1 aliphatic heterocycles. The van der Waals surface area contributed by atoms with Gasteiger partial charge in [0.25, 0.3) is 5.56 Å². The molecule has 4 rings (SSSR count). The Labute approximate surface area is 138 Å². The van der Waals surface area contributed by atoms with E-state index >= 15 is 0 Å². The number of hydrogen-bond acceptors (Lipinski definition) is 3. The van der Waals surface area contributed by atoms with Crippen molar-refractivity contribution >= 4 is 28.2 Å². The summed E-state index contributed by atoms with van der Waals surface area (Å²) in [7, 11) is 0. The van der Waals surface area contributed by atoms with Crippen LogP contribution in [0.25, 0.3) is 10.9 Å². The maximum absolute atomic E-state index is 12.3. The summed E-state index contributed by atoms with van der Waals surface area (Å²) in [5.41, 5.74) is 3.09. The van der Waals surface area contributed by atoms with Crippen molar-refractivity contribution in [3.8, 4) is 0 Å². The molecule has 0 saturated carbocycles. The molecule has 4 nitrogen and oxygen atoms in total. The van der Waals surface area contributed by atoms with Crippen LogP contribution in [0, 0.1) is 0 Å². The van der Waals surface area contributed by atoms with Gasteiger partial charge in [-0.1, -0.05) is 29.8 Å². The summed E-state index contributed by atoms with van der Waals surface area (Å²) in [5, 5.41) is 1.06. The summed E-state index contributed by atoms with van der Waals surface area (Å²) in [6.45, 7) is 3.00. The zero-order valence-corrected chi connectivity index (χ0v) is 13.5. The Morgan fingerprint density at radius 1 is 1.26 bits per heavy atom. The molecular weight excluding hydrogens is 310 g/mol. The van der Waals surface area contributed by atoms with Crippen LogP contribution in [0.15, 0.2) is 47.3 Å². The average molecular weight is 326 g/mol. The van der Waals surface area contributed by atoms with E-state index < -0.39 is 0 Å². The molecule has 1 aliphatic rings. The lowest BCUT2D eigenvalue weighted by molar-refractivity contribution is 0.654. The minimum absolute atomic E-state index is 0.00595. The van der Waals surface area contributed by atoms with Gasteiger partial charge in [0, 0.05) is 17.3 Å². The van der Waals surface area contributed by atoms with Crippen LogP contribution in [-0.4, -0.2) is 16.5 Å². The van der Waals surface area contributed by atoms with Crippen LogP contribution in [0.2, 0.25) is 5.02 Å². The molecule has 3 aromatic rings. The molecule has 23 heavy (non-hydrogen) atoms. The Morgan fingerprint density at radius 2 is 2.09 bits per heavy atom. The number of nitrogens with one attached hydrogen (secondary N) is 1. The molecule has 5 heteroatoms. The molecule has 116 valence electrons. The number of para-hydroxylation sites is 1. The molecule has 0 amide bonds. The van der Waals surface area contributed by atoms with Gasteiger partial charge in [-0.25, -0.2) is 4.98 Å². The van der Waals surface area contributed by atoms with E-state index in [1.807, 2.05) is 6.07 Å². The molecule has 0 fully saturated rings. The van der Waals surface area contributed by atoms with Gasteiger partial charge in [0.2, 0.25) is 0 Å². The third-order valence-corrected chi connectivity index (χ3v) is 4.71. The SMILES string of the molecule is CC(c1nc2ccc(Cl)cc2c(=O)[nH]1)N1CCc2ccccc21. The number of H-pyrrole nitrogens is 1. The number of rotatable bonds is 2. The fraction of sp³-hybridized carbons (Fsp3) is 0.222. The van der Waals surface area contributed by atoms with E-state index in [9.17, 15) is 4.79 Å². The van der Waals surface area contributed by atoms with Gasteiger partial charge in [-0.2, -0.15) is 0 Å². The monoisotopic (exact) mass is 325 g/mol. The number of nitrogens with zero attached hydrogens (tertiary/aromatic N) is 2. The molecule has 2 heterocycles. The number of benzene rings is 2. The van der Waals surface area contributed by atoms with E-state index in [1.165, 1.54) is 11.3 Å². The molecule has 0 bridgehead atoms. The van der Waals surface area contributed by atoms with Crippen LogP contribution < -0.4 is 10.5 Å². The molecule has 2 aromatic carbocycles. The highest BCUT2D eigenvalue weighted by molar-refractivity contribution is 6.31. The van der Waals surface area contributed by atoms with Gasteiger partial charge in [-0.05, 0) is 43.2 Å². The minimum Gasteiger partial charge on any atom is -0.361 e. The van der Waals surface area contributed by atoms with Gasteiger partial charge >= 0.3 is 0 Å². The molecule has 1 unspecified atom stereocenters. The van der Waals surface area contributed by atoms with E-state index in [2.05, 4.69) is 40.0 Å². The number of halogens is 1. The van der Waals surface area contributed by atoms with E-state index in [0.717, 1.165) is 13.0 Å². The fourth-order valence-corrected chi connectivity index (χ4v) is 3.41. The van der Waals surface area contributed by atoms with Crippen LogP contribution >= 0.6 is 11.6 Å². The maximum atomic E-state index is 12.3. The Morgan fingerprint density at radius 3 is 2.96 bits per heavy atom. The first-order valence-electron chi connectivity index (χ1n) is 7.67. The number of hydrogen-bond donors (Lipinski definition) is 1. The van der Waals surface area contributed by atoms with Gasteiger partial charge in [0.15, 0.2) is 0 Å². The molecule has 1 atom stereocenters. The Kier molecular flexibility index (Phi) is 3.34. The number of fused-ring (bicyclic) bond motifs is 2. The van der Waals surface area contributed by atoms with E-state index in [4.69, 9.17) is 11.6 Å². The lowest BCUT2D eigenvalue weighted by Gasteiger charge is -2.26. The highest BCUT2D eigenvalue weighted by atomic mass is 35.5. The largest absolute Gasteiger partial charge is 0.361 e. The predicted octanol–water partition coefficient (Wildman–Crippen LogP) is 3.70. The average Bonchev–Trinajstić information content (AvgIpc) is 2.98. The highest BCUT2D eigenvalue weighted by Gasteiger charge is 2.25. The van der Waals surface area contributed by atoms with Crippen molar-refractivity contribution in [1.29, 1.82) is 0 Å². The van der Waals surface area contributed by atoms with E-state index in [0.29, 0.717) is 21.7 Å². The Bertz CT molecular complexity index is 950. The third kappa shape index (κ3) is 2.39. The first kappa shape index (κ1) is 14.3. The summed E-state index contributed by atoms with van der Waals surface area (Å²) in [6.07, 6.45) is 1.02. The van der Waals surface area contributed by atoms with Gasteiger partial charge in [-0.3, -0.25) is 4.79 Å². The first-order valence-corrected chi connectivity index (χ1v) is 8.05. The van der Waals surface area contributed by atoms with Crippen molar-refractivity contribution in [1.82, 2.24) is 9.97 Å².